The summed E-state index contributed by atoms with van der Waals surface area (Å²) in [4.78, 5) is 12.9. The summed E-state index contributed by atoms with van der Waals surface area (Å²) in [6.07, 6.45) is 1.13. The number of carbonyl (C=O) groups excluding carboxylic acids is 1. The number of ketones is 1. The molecule has 0 saturated carbocycles. The van der Waals surface area contributed by atoms with Crippen LogP contribution < -0.4 is 0 Å². The van der Waals surface area contributed by atoms with Crippen molar-refractivity contribution in [3.63, 3.8) is 0 Å². The number of rotatable bonds is 4. The minimum atomic E-state index is -3.48. The molecule has 1 aliphatic heterocycles. The van der Waals surface area contributed by atoms with Crippen molar-refractivity contribution in [3.8, 4) is 0 Å². The van der Waals surface area contributed by atoms with Crippen molar-refractivity contribution in [2.75, 3.05) is 13.1 Å². The number of aryl methyl sites for hydroxylation is 2. The van der Waals surface area contributed by atoms with Gasteiger partial charge in [-0.05, 0) is 38.8 Å². The van der Waals surface area contributed by atoms with E-state index in [0.717, 1.165) is 11.1 Å². The summed E-state index contributed by atoms with van der Waals surface area (Å²) in [7, 11) is -3.48. The lowest BCUT2D eigenvalue weighted by atomic mass is 9.89. The lowest BCUT2D eigenvalue weighted by Crippen LogP contribution is -2.40. The molecular weight excluding hydrogens is 334 g/mol. The van der Waals surface area contributed by atoms with Crippen LogP contribution in [0.1, 0.15) is 34.3 Å². The van der Waals surface area contributed by atoms with Crippen LogP contribution in [0, 0.1) is 19.8 Å². The minimum Gasteiger partial charge on any atom is -0.294 e. The first kappa shape index (κ1) is 17.8. The van der Waals surface area contributed by atoms with E-state index in [4.69, 9.17) is 0 Å². The van der Waals surface area contributed by atoms with Gasteiger partial charge >= 0.3 is 0 Å². The summed E-state index contributed by atoms with van der Waals surface area (Å²) in [5.41, 5.74) is 2.86. The van der Waals surface area contributed by atoms with Crippen LogP contribution in [0.3, 0.4) is 0 Å². The highest BCUT2D eigenvalue weighted by Gasteiger charge is 2.32. The van der Waals surface area contributed by atoms with Gasteiger partial charge in [0.2, 0.25) is 10.0 Å². The van der Waals surface area contributed by atoms with Crippen LogP contribution in [0.4, 0.5) is 0 Å². The molecule has 3 rings (SSSR count). The van der Waals surface area contributed by atoms with Crippen LogP contribution >= 0.6 is 0 Å². The summed E-state index contributed by atoms with van der Waals surface area (Å²) < 4.78 is 26.9. The molecule has 0 aromatic heterocycles. The van der Waals surface area contributed by atoms with Gasteiger partial charge in [-0.1, -0.05) is 47.5 Å². The molecule has 0 atom stereocenters. The predicted octanol–water partition coefficient (Wildman–Crippen LogP) is 3.59. The van der Waals surface area contributed by atoms with Crippen LogP contribution in [-0.4, -0.2) is 31.6 Å². The third-order valence-corrected chi connectivity index (χ3v) is 6.73. The van der Waals surface area contributed by atoms with Crippen molar-refractivity contribution in [2.24, 2.45) is 5.92 Å². The number of hydrogen-bond acceptors (Lipinski definition) is 3. The van der Waals surface area contributed by atoms with Crippen LogP contribution in [0.25, 0.3) is 0 Å². The normalized spacial score (nSPS) is 16.7. The van der Waals surface area contributed by atoms with E-state index in [9.17, 15) is 13.2 Å². The van der Waals surface area contributed by atoms with Gasteiger partial charge in [-0.3, -0.25) is 4.79 Å². The number of Topliss-reactive ketones (excluding diaryl/α,β-unsaturated/α-hetero) is 1. The topological polar surface area (TPSA) is 54.5 Å². The Balaban J connectivity index is 1.68. The van der Waals surface area contributed by atoms with E-state index in [0.29, 0.717) is 36.4 Å². The van der Waals surface area contributed by atoms with E-state index < -0.39 is 10.0 Å². The maximum absolute atomic E-state index is 12.7. The van der Waals surface area contributed by atoms with Crippen molar-refractivity contribution in [1.29, 1.82) is 0 Å². The molecule has 1 saturated heterocycles. The molecule has 0 radical (unpaired) electrons. The third kappa shape index (κ3) is 3.83. The number of carbonyl (C=O) groups is 1. The van der Waals surface area contributed by atoms with Crippen LogP contribution in [-0.2, 0) is 10.0 Å². The Morgan fingerprint density at radius 1 is 0.880 bits per heavy atom. The number of benzene rings is 2. The van der Waals surface area contributed by atoms with Crippen LogP contribution in [0.5, 0.6) is 0 Å². The zero-order valence-electron chi connectivity index (χ0n) is 14.6. The average Bonchev–Trinajstić information content (AvgIpc) is 2.62. The fourth-order valence-electron chi connectivity index (χ4n) is 3.17. The second kappa shape index (κ2) is 7.10. The SMILES string of the molecule is Cc1ccc(C(=O)C2CCN(S(=O)(=O)c3ccc(C)cc3)CC2)cc1. The molecule has 25 heavy (non-hydrogen) atoms. The summed E-state index contributed by atoms with van der Waals surface area (Å²) in [6.45, 7) is 4.69. The molecule has 132 valence electrons. The fraction of sp³-hybridized carbons (Fsp3) is 0.350. The van der Waals surface area contributed by atoms with E-state index in [2.05, 4.69) is 0 Å². The summed E-state index contributed by atoms with van der Waals surface area (Å²) in [5.74, 6) is 0.0135. The maximum Gasteiger partial charge on any atom is 0.243 e. The van der Waals surface area contributed by atoms with Gasteiger partial charge in [0.1, 0.15) is 0 Å². The first-order valence-corrected chi connectivity index (χ1v) is 9.99. The maximum atomic E-state index is 12.7. The van der Waals surface area contributed by atoms with E-state index >= 15 is 0 Å². The lowest BCUT2D eigenvalue weighted by molar-refractivity contribution is 0.0875. The first-order chi connectivity index (χ1) is 11.9. The van der Waals surface area contributed by atoms with Gasteiger partial charge in [-0.15, -0.1) is 0 Å². The number of nitrogens with zero attached hydrogens (tertiary/aromatic N) is 1. The Kier molecular flexibility index (Phi) is 5.06. The zero-order chi connectivity index (χ0) is 18.0. The molecule has 2 aromatic carbocycles. The van der Waals surface area contributed by atoms with Gasteiger partial charge in [0.25, 0.3) is 0 Å². The summed E-state index contributed by atoms with van der Waals surface area (Å²) in [6, 6.07) is 14.5. The van der Waals surface area contributed by atoms with Crippen molar-refractivity contribution in [2.45, 2.75) is 31.6 Å². The molecular formula is C20H23NO3S. The molecule has 0 unspecified atom stereocenters. The second-order valence-corrected chi connectivity index (χ2v) is 8.66. The Bertz CT molecular complexity index is 847. The predicted molar refractivity (Wildman–Crippen MR) is 98.2 cm³/mol. The largest absolute Gasteiger partial charge is 0.294 e. The van der Waals surface area contributed by atoms with Crippen molar-refractivity contribution in [1.82, 2.24) is 4.31 Å². The Morgan fingerprint density at radius 2 is 1.36 bits per heavy atom. The standard InChI is InChI=1S/C20H23NO3S/c1-15-3-7-17(8-4-15)20(22)18-11-13-21(14-12-18)25(23,24)19-9-5-16(2)6-10-19/h3-10,18H,11-14H2,1-2H3. The number of hydrogen-bond donors (Lipinski definition) is 0. The smallest absolute Gasteiger partial charge is 0.243 e. The van der Waals surface area contributed by atoms with Gasteiger partial charge in [-0.25, -0.2) is 8.42 Å². The average molecular weight is 357 g/mol. The van der Waals surface area contributed by atoms with E-state index in [1.807, 2.05) is 38.1 Å². The molecule has 0 N–H and O–H groups in total. The van der Waals surface area contributed by atoms with E-state index in [-0.39, 0.29) is 11.7 Å². The van der Waals surface area contributed by atoms with Gasteiger partial charge in [0, 0.05) is 24.6 Å². The number of piperidine rings is 1. The highest BCUT2D eigenvalue weighted by atomic mass is 32.2. The molecule has 0 amide bonds. The quantitative estimate of drug-likeness (QED) is 0.786. The van der Waals surface area contributed by atoms with Gasteiger partial charge in [0.05, 0.1) is 4.90 Å². The first-order valence-electron chi connectivity index (χ1n) is 8.55. The fourth-order valence-corrected chi connectivity index (χ4v) is 4.64. The Hall–Kier alpha value is -1.98. The van der Waals surface area contributed by atoms with Gasteiger partial charge < -0.3 is 0 Å². The van der Waals surface area contributed by atoms with Crippen molar-refractivity contribution >= 4 is 15.8 Å². The molecule has 0 spiro atoms. The molecule has 1 fully saturated rings. The third-order valence-electron chi connectivity index (χ3n) is 4.82. The highest BCUT2D eigenvalue weighted by Crippen LogP contribution is 2.26. The molecule has 2 aromatic rings. The Labute approximate surface area is 149 Å². The summed E-state index contributed by atoms with van der Waals surface area (Å²) >= 11 is 0. The van der Waals surface area contributed by atoms with E-state index in [1.54, 1.807) is 24.3 Å². The molecule has 0 aliphatic carbocycles. The lowest BCUT2D eigenvalue weighted by Gasteiger charge is -2.30. The molecule has 1 aliphatic rings. The molecule has 1 heterocycles. The Morgan fingerprint density at radius 3 is 1.88 bits per heavy atom. The zero-order valence-corrected chi connectivity index (χ0v) is 15.4. The van der Waals surface area contributed by atoms with Gasteiger partial charge in [-0.2, -0.15) is 4.31 Å². The monoisotopic (exact) mass is 357 g/mol. The summed E-state index contributed by atoms with van der Waals surface area (Å²) in [5, 5.41) is 0. The molecule has 5 heteroatoms. The highest BCUT2D eigenvalue weighted by molar-refractivity contribution is 7.89. The van der Waals surface area contributed by atoms with Gasteiger partial charge in [0.15, 0.2) is 5.78 Å². The van der Waals surface area contributed by atoms with Crippen LogP contribution in [0.15, 0.2) is 53.4 Å². The minimum absolute atomic E-state index is 0.104. The van der Waals surface area contributed by atoms with E-state index in [1.165, 1.54) is 4.31 Å². The second-order valence-electron chi connectivity index (χ2n) is 6.72. The molecule has 4 nitrogen and oxygen atoms in total. The van der Waals surface area contributed by atoms with Crippen molar-refractivity contribution < 1.29 is 13.2 Å². The van der Waals surface area contributed by atoms with Crippen molar-refractivity contribution in [3.05, 3.63) is 65.2 Å². The number of sulfonamides is 1. The molecule has 0 bridgehead atoms. The van der Waals surface area contributed by atoms with Crippen LogP contribution in [0.2, 0.25) is 0 Å².